The van der Waals surface area contributed by atoms with Gasteiger partial charge in [0.15, 0.2) is 11.6 Å². The van der Waals surface area contributed by atoms with Crippen LogP contribution in [-0.4, -0.2) is 35.5 Å². The zero-order valence-corrected chi connectivity index (χ0v) is 18.4. The lowest BCUT2D eigenvalue weighted by Gasteiger charge is -2.10. The van der Waals surface area contributed by atoms with Gasteiger partial charge < -0.3 is 23.3 Å². The molecule has 7 heteroatoms. The van der Waals surface area contributed by atoms with Crippen LogP contribution in [0.25, 0.3) is 33.9 Å². The molecule has 5 aromatic rings. The Morgan fingerprint density at radius 3 is 2.21 bits per heavy atom. The standard InChI is InChI=1S/C26H23N3O4/c1-30-19-9-7-18(8-10-19)25-17-23(28-33-25)26-27-22-5-3-4-6-24(22)29(26)15-16-32-21-13-11-20(31-2)12-14-21/h3-14,17H,15-16H2,1-2H3. The molecule has 0 aliphatic heterocycles. The number of hydrogen-bond acceptors (Lipinski definition) is 6. The lowest BCUT2D eigenvalue weighted by Crippen LogP contribution is -2.09. The highest BCUT2D eigenvalue weighted by atomic mass is 16.5. The van der Waals surface area contributed by atoms with E-state index in [1.165, 1.54) is 0 Å². The minimum Gasteiger partial charge on any atom is -0.497 e. The van der Waals surface area contributed by atoms with Crippen LogP contribution in [-0.2, 0) is 6.54 Å². The highest BCUT2D eigenvalue weighted by molar-refractivity contribution is 5.80. The lowest BCUT2D eigenvalue weighted by atomic mass is 10.1. The van der Waals surface area contributed by atoms with Crippen molar-refractivity contribution in [3.8, 4) is 40.1 Å². The van der Waals surface area contributed by atoms with Gasteiger partial charge in [-0.05, 0) is 60.7 Å². The van der Waals surface area contributed by atoms with Crippen molar-refractivity contribution in [2.75, 3.05) is 20.8 Å². The number of nitrogens with zero attached hydrogens (tertiary/aromatic N) is 3. The Morgan fingerprint density at radius 2 is 1.48 bits per heavy atom. The van der Waals surface area contributed by atoms with Crippen LogP contribution in [0.5, 0.6) is 17.2 Å². The van der Waals surface area contributed by atoms with Crippen molar-refractivity contribution in [3.05, 3.63) is 78.9 Å². The van der Waals surface area contributed by atoms with Crippen molar-refractivity contribution >= 4 is 11.0 Å². The number of fused-ring (bicyclic) bond motifs is 1. The quantitative estimate of drug-likeness (QED) is 0.319. The number of imidazole rings is 1. The molecule has 0 bridgehead atoms. The topological polar surface area (TPSA) is 71.5 Å². The molecule has 0 atom stereocenters. The molecule has 3 aromatic carbocycles. The number of para-hydroxylation sites is 2. The van der Waals surface area contributed by atoms with Gasteiger partial charge in [0.05, 0.1) is 31.8 Å². The second-order valence-electron chi connectivity index (χ2n) is 7.40. The third kappa shape index (κ3) is 4.25. The van der Waals surface area contributed by atoms with E-state index in [9.17, 15) is 0 Å². The largest absolute Gasteiger partial charge is 0.497 e. The molecule has 0 aliphatic carbocycles. The minimum atomic E-state index is 0.475. The first-order chi connectivity index (χ1) is 16.2. The molecule has 0 unspecified atom stereocenters. The summed E-state index contributed by atoms with van der Waals surface area (Å²) < 4.78 is 24.1. The number of aromatic nitrogens is 3. The molecule has 0 radical (unpaired) electrons. The Balaban J connectivity index is 1.41. The maximum Gasteiger partial charge on any atom is 0.167 e. The first-order valence-corrected chi connectivity index (χ1v) is 10.6. The first-order valence-electron chi connectivity index (χ1n) is 10.6. The van der Waals surface area contributed by atoms with Crippen LogP contribution in [0, 0.1) is 0 Å². The van der Waals surface area contributed by atoms with Crippen LogP contribution >= 0.6 is 0 Å². The number of hydrogen-bond donors (Lipinski definition) is 0. The van der Waals surface area contributed by atoms with Gasteiger partial charge in [0.25, 0.3) is 0 Å². The Hall–Kier alpha value is -4.26. The molecule has 2 aromatic heterocycles. The summed E-state index contributed by atoms with van der Waals surface area (Å²) >= 11 is 0. The van der Waals surface area contributed by atoms with Crippen LogP contribution in [0.4, 0.5) is 0 Å². The van der Waals surface area contributed by atoms with Crippen LogP contribution in [0.2, 0.25) is 0 Å². The molecule has 33 heavy (non-hydrogen) atoms. The zero-order valence-electron chi connectivity index (χ0n) is 18.4. The van der Waals surface area contributed by atoms with Crippen LogP contribution in [0.1, 0.15) is 0 Å². The van der Waals surface area contributed by atoms with Crippen molar-refractivity contribution < 1.29 is 18.7 Å². The fraction of sp³-hybridized carbons (Fsp3) is 0.154. The molecule has 0 saturated carbocycles. The average Bonchev–Trinajstić information content (AvgIpc) is 3.50. The smallest absolute Gasteiger partial charge is 0.167 e. The summed E-state index contributed by atoms with van der Waals surface area (Å²) in [6.45, 7) is 1.08. The third-order valence-electron chi connectivity index (χ3n) is 5.41. The van der Waals surface area contributed by atoms with Crippen molar-refractivity contribution in [2.45, 2.75) is 6.54 Å². The van der Waals surface area contributed by atoms with Gasteiger partial charge in [-0.3, -0.25) is 0 Å². The summed E-state index contributed by atoms with van der Waals surface area (Å²) in [6.07, 6.45) is 0. The van der Waals surface area contributed by atoms with Crippen LogP contribution < -0.4 is 14.2 Å². The van der Waals surface area contributed by atoms with Crippen LogP contribution in [0.3, 0.4) is 0 Å². The molecule has 166 valence electrons. The van der Waals surface area contributed by atoms with Gasteiger partial charge in [-0.2, -0.15) is 0 Å². The van der Waals surface area contributed by atoms with E-state index < -0.39 is 0 Å². The van der Waals surface area contributed by atoms with E-state index in [1.54, 1.807) is 14.2 Å². The maximum atomic E-state index is 5.96. The number of rotatable bonds is 8. The summed E-state index contributed by atoms with van der Waals surface area (Å²) in [6, 6.07) is 25.1. The van der Waals surface area contributed by atoms with Crippen molar-refractivity contribution in [1.29, 1.82) is 0 Å². The summed E-state index contributed by atoms with van der Waals surface area (Å²) in [4.78, 5) is 4.81. The van der Waals surface area contributed by atoms with E-state index in [2.05, 4.69) is 9.72 Å². The van der Waals surface area contributed by atoms with E-state index in [4.69, 9.17) is 23.7 Å². The first kappa shape index (κ1) is 20.6. The van der Waals surface area contributed by atoms with E-state index in [0.717, 1.165) is 39.7 Å². The Bertz CT molecular complexity index is 1350. The molecule has 2 heterocycles. The van der Waals surface area contributed by atoms with Crippen molar-refractivity contribution in [3.63, 3.8) is 0 Å². The van der Waals surface area contributed by atoms with E-state index >= 15 is 0 Å². The highest BCUT2D eigenvalue weighted by Gasteiger charge is 2.17. The molecule has 7 nitrogen and oxygen atoms in total. The zero-order chi connectivity index (χ0) is 22.6. The van der Waals surface area contributed by atoms with Gasteiger partial charge >= 0.3 is 0 Å². The summed E-state index contributed by atoms with van der Waals surface area (Å²) in [5, 5.41) is 4.30. The number of ether oxygens (including phenoxy) is 3. The molecular weight excluding hydrogens is 418 g/mol. The van der Waals surface area contributed by atoms with Gasteiger partial charge in [0, 0.05) is 11.6 Å². The number of benzene rings is 3. The van der Waals surface area contributed by atoms with Gasteiger partial charge in [0.1, 0.15) is 29.5 Å². The molecule has 0 amide bonds. The second kappa shape index (κ2) is 9.08. The van der Waals surface area contributed by atoms with Gasteiger partial charge in [-0.25, -0.2) is 4.98 Å². The van der Waals surface area contributed by atoms with E-state index in [1.807, 2.05) is 78.9 Å². The molecular formula is C26H23N3O4. The SMILES string of the molecule is COc1ccc(OCCn2c(-c3cc(-c4ccc(OC)cc4)on3)nc3ccccc32)cc1. The second-order valence-corrected chi connectivity index (χ2v) is 7.40. The number of methoxy groups -OCH3 is 2. The highest BCUT2D eigenvalue weighted by Crippen LogP contribution is 2.29. The van der Waals surface area contributed by atoms with Gasteiger partial charge in [-0.15, -0.1) is 0 Å². The van der Waals surface area contributed by atoms with E-state index in [0.29, 0.717) is 24.6 Å². The average molecular weight is 441 g/mol. The lowest BCUT2D eigenvalue weighted by molar-refractivity contribution is 0.300. The third-order valence-corrected chi connectivity index (χ3v) is 5.41. The van der Waals surface area contributed by atoms with Crippen molar-refractivity contribution in [2.24, 2.45) is 0 Å². The molecule has 0 N–H and O–H groups in total. The Labute approximate surface area is 191 Å². The van der Waals surface area contributed by atoms with Crippen LogP contribution in [0.15, 0.2) is 83.4 Å². The normalized spacial score (nSPS) is 11.0. The summed E-state index contributed by atoms with van der Waals surface area (Å²) in [7, 11) is 3.29. The molecule has 0 fully saturated rings. The molecule has 0 spiro atoms. The monoisotopic (exact) mass is 441 g/mol. The molecule has 0 saturated heterocycles. The minimum absolute atomic E-state index is 0.475. The summed E-state index contributed by atoms with van der Waals surface area (Å²) in [5.74, 6) is 3.77. The fourth-order valence-electron chi connectivity index (χ4n) is 3.70. The molecule has 0 aliphatic rings. The maximum absolute atomic E-state index is 5.96. The fourth-order valence-corrected chi connectivity index (χ4v) is 3.70. The van der Waals surface area contributed by atoms with Gasteiger partial charge in [0.2, 0.25) is 0 Å². The predicted molar refractivity (Wildman–Crippen MR) is 126 cm³/mol. The summed E-state index contributed by atoms with van der Waals surface area (Å²) in [5.41, 5.74) is 3.49. The van der Waals surface area contributed by atoms with E-state index in [-0.39, 0.29) is 0 Å². The Kier molecular flexibility index (Phi) is 5.68. The van der Waals surface area contributed by atoms with Gasteiger partial charge in [-0.1, -0.05) is 17.3 Å². The van der Waals surface area contributed by atoms with Crippen molar-refractivity contribution in [1.82, 2.24) is 14.7 Å². The predicted octanol–water partition coefficient (Wildman–Crippen LogP) is 5.45. The molecule has 5 rings (SSSR count). The Morgan fingerprint density at radius 1 is 0.818 bits per heavy atom.